The van der Waals surface area contributed by atoms with Gasteiger partial charge in [-0.25, -0.2) is 4.98 Å². The third kappa shape index (κ3) is 2.74. The van der Waals surface area contributed by atoms with Crippen LogP contribution in [-0.4, -0.2) is 41.0 Å². The molecule has 180 valence electrons. The fourth-order valence-electron chi connectivity index (χ4n) is 9.25. The lowest BCUT2D eigenvalue weighted by Crippen LogP contribution is -2.83. The van der Waals surface area contributed by atoms with E-state index in [-0.39, 0.29) is 5.54 Å². The number of pyridine rings is 1. The van der Waals surface area contributed by atoms with E-state index in [1.807, 2.05) is 0 Å². The zero-order chi connectivity index (χ0) is 23.5. The van der Waals surface area contributed by atoms with Gasteiger partial charge < -0.3 is 4.57 Å². The minimum Gasteiger partial charge on any atom is -0.361 e. The van der Waals surface area contributed by atoms with E-state index >= 15 is 0 Å². The molecular weight excluding hydrogens is 547 g/mol. The predicted octanol–water partition coefficient (Wildman–Crippen LogP) is 5.92. The van der Waals surface area contributed by atoms with Crippen molar-refractivity contribution in [3.05, 3.63) is 57.8 Å². The molecule has 2 bridgehead atoms. The van der Waals surface area contributed by atoms with Crippen molar-refractivity contribution in [2.75, 3.05) is 11.1 Å². The molecule has 0 N–H and O–H groups in total. The first-order chi connectivity index (χ1) is 16.3. The van der Waals surface area contributed by atoms with Gasteiger partial charge in [0.2, 0.25) is 0 Å². The van der Waals surface area contributed by atoms with Crippen LogP contribution in [0.3, 0.4) is 0 Å². The highest BCUT2D eigenvalue weighted by molar-refractivity contribution is 14.1. The fraction of sp³-hybridized carbons (Fsp3) is 0.607. The highest BCUT2D eigenvalue weighted by Crippen LogP contribution is 2.83. The Bertz CT molecular complexity index is 1100. The zero-order valence-corrected chi connectivity index (χ0v) is 24.2. The Balaban J connectivity index is 1.36. The van der Waals surface area contributed by atoms with Gasteiger partial charge in [0, 0.05) is 17.6 Å². The molecule has 5 aliphatic rings. The molecule has 4 atom stereocenters. The van der Waals surface area contributed by atoms with E-state index in [9.17, 15) is 0 Å². The molecule has 34 heavy (non-hydrogen) atoms. The van der Waals surface area contributed by atoms with Crippen molar-refractivity contribution in [3.63, 3.8) is 0 Å². The Kier molecular flexibility index (Phi) is 4.77. The highest BCUT2D eigenvalue weighted by atomic mass is 127. The topological polar surface area (TPSA) is 22.6 Å². The van der Waals surface area contributed by atoms with E-state index in [1.54, 1.807) is 0 Å². The first kappa shape index (κ1) is 22.3. The molecule has 0 radical (unpaired) electrons. The van der Waals surface area contributed by atoms with E-state index in [0.29, 0.717) is 11.7 Å². The molecule has 7 rings (SSSR count). The smallest absolute Gasteiger partial charge is 0.307 e. The first-order valence-electron chi connectivity index (χ1n) is 13.3. The molecule has 5 fully saturated rings. The van der Waals surface area contributed by atoms with Crippen LogP contribution in [0.2, 0.25) is 0 Å². The predicted molar refractivity (Wildman–Crippen MR) is 148 cm³/mol. The fourth-order valence-corrected chi connectivity index (χ4v) is 13.7. The van der Waals surface area contributed by atoms with Gasteiger partial charge in [0.15, 0.2) is 0 Å². The van der Waals surface area contributed by atoms with Gasteiger partial charge in [-0.1, -0.05) is 36.4 Å². The van der Waals surface area contributed by atoms with Gasteiger partial charge in [-0.3, -0.25) is 9.13 Å². The Morgan fingerprint density at radius 1 is 1.03 bits per heavy atom. The van der Waals surface area contributed by atoms with Crippen LogP contribution in [0.1, 0.15) is 71.5 Å². The van der Waals surface area contributed by atoms with Crippen LogP contribution in [0, 0.1) is 26.9 Å². The van der Waals surface area contributed by atoms with Crippen LogP contribution in [0.25, 0.3) is 0 Å². The normalized spacial score (nSPS) is 40.3. The van der Waals surface area contributed by atoms with Crippen molar-refractivity contribution in [2.24, 2.45) is 23.2 Å². The minimum absolute atomic E-state index is 0.107. The van der Waals surface area contributed by atoms with Crippen LogP contribution in [0.5, 0.6) is 0 Å². The molecule has 0 amide bonds. The van der Waals surface area contributed by atoms with Gasteiger partial charge >= 0.3 is 9.28 Å². The summed E-state index contributed by atoms with van der Waals surface area (Å²) in [5.41, 5.74) is 2.72. The number of benzene rings is 1. The van der Waals surface area contributed by atoms with Crippen LogP contribution in [-0.2, 0) is 0 Å². The van der Waals surface area contributed by atoms with Gasteiger partial charge in [-0.15, -0.1) is 0 Å². The van der Waals surface area contributed by atoms with Gasteiger partial charge in [0.05, 0.1) is 6.17 Å². The maximum absolute atomic E-state index is 5.04. The van der Waals surface area contributed by atoms with Crippen molar-refractivity contribution in [1.82, 2.24) is 14.1 Å². The van der Waals surface area contributed by atoms with Crippen LogP contribution >= 0.6 is 22.6 Å². The number of aromatic nitrogens is 1. The summed E-state index contributed by atoms with van der Waals surface area (Å²) in [5.74, 6) is 4.24. The van der Waals surface area contributed by atoms with Crippen molar-refractivity contribution < 1.29 is 0 Å². The molecule has 1 aromatic carbocycles. The Hall–Kier alpha value is -0.963. The van der Waals surface area contributed by atoms with E-state index in [0.717, 1.165) is 33.4 Å². The largest absolute Gasteiger partial charge is 0.361 e. The van der Waals surface area contributed by atoms with E-state index in [2.05, 4.69) is 113 Å². The summed E-state index contributed by atoms with van der Waals surface area (Å²) in [4.78, 5) is 5.04. The average molecular weight is 585 g/mol. The minimum atomic E-state index is -1.66. The molecule has 1 aliphatic heterocycles. The average Bonchev–Trinajstić information content (AvgIpc) is 3.23. The number of nitrogens with zero attached hydrogens (tertiary/aromatic N) is 4. The van der Waals surface area contributed by atoms with Crippen LogP contribution in [0.4, 0.5) is 5.82 Å². The van der Waals surface area contributed by atoms with Gasteiger partial charge in [0.1, 0.15) is 9.52 Å². The molecule has 2 heterocycles. The summed E-state index contributed by atoms with van der Waals surface area (Å²) in [6.07, 6.45) is 7.80. The third-order valence-corrected chi connectivity index (χ3v) is 15.0. The molecule has 1 spiro atoms. The van der Waals surface area contributed by atoms with Crippen molar-refractivity contribution >= 4 is 37.7 Å². The lowest BCUT2D eigenvalue weighted by Gasteiger charge is -2.70. The second-order valence-corrected chi connectivity index (χ2v) is 16.2. The molecule has 4 aliphatic carbocycles. The maximum atomic E-state index is 5.04. The highest BCUT2D eigenvalue weighted by Gasteiger charge is 2.80. The Morgan fingerprint density at radius 3 is 2.29 bits per heavy atom. The summed E-state index contributed by atoms with van der Waals surface area (Å²) in [5, 5.41) is 0. The molecule has 1 aromatic heterocycles. The van der Waals surface area contributed by atoms with Crippen molar-refractivity contribution in [2.45, 2.75) is 77.0 Å². The van der Waals surface area contributed by atoms with Gasteiger partial charge in [-0.2, -0.15) is 0 Å². The van der Waals surface area contributed by atoms with E-state index < -0.39 is 9.28 Å². The molecule has 2 aromatic rings. The Labute approximate surface area is 220 Å². The van der Waals surface area contributed by atoms with Gasteiger partial charge in [0.25, 0.3) is 0 Å². The second kappa shape index (κ2) is 7.30. The summed E-state index contributed by atoms with van der Waals surface area (Å²) in [6.45, 7) is 10.6. The number of hydrogen-bond donors (Lipinski definition) is 0. The van der Waals surface area contributed by atoms with Crippen LogP contribution < -0.4 is 4.57 Å². The number of hydrogen-bond acceptors (Lipinski definition) is 4. The first-order valence-corrected chi connectivity index (χ1v) is 15.9. The molecule has 4 nitrogen and oxygen atoms in total. The van der Waals surface area contributed by atoms with E-state index in [4.69, 9.17) is 4.98 Å². The number of halogens is 1. The summed E-state index contributed by atoms with van der Waals surface area (Å²) < 4.78 is 9.85. The molecule has 4 unspecified atom stereocenters. The number of rotatable bonds is 5. The number of anilines is 1. The monoisotopic (exact) mass is 584 g/mol. The lowest BCUT2D eigenvalue weighted by atomic mass is 9.38. The zero-order valence-electron chi connectivity index (χ0n) is 20.9. The number of fused-ring (bicyclic) bond motifs is 1. The quantitative estimate of drug-likeness (QED) is 0.247. The molecular formula is C28H37IN4Si. The third-order valence-electron chi connectivity index (χ3n) is 10.4. The Morgan fingerprint density at radius 2 is 1.74 bits per heavy atom. The van der Waals surface area contributed by atoms with Crippen molar-refractivity contribution in [3.8, 4) is 0 Å². The van der Waals surface area contributed by atoms with Gasteiger partial charge in [-0.05, 0) is 123 Å². The van der Waals surface area contributed by atoms with Crippen molar-refractivity contribution in [1.29, 1.82) is 0 Å². The SMILES string of the molecule is CCN(c1cccc(I)n1)[SiH]1N(C(C)(C)C)C(c2ccccc2)N1C12CC3CC4CC(C1)C43C2. The van der Waals surface area contributed by atoms with Crippen LogP contribution in [0.15, 0.2) is 48.5 Å². The lowest BCUT2D eigenvalue weighted by molar-refractivity contribution is -0.179. The second-order valence-electron chi connectivity index (χ2n) is 12.7. The summed E-state index contributed by atoms with van der Waals surface area (Å²) >= 11 is 2.38. The molecule has 1 saturated heterocycles. The standard InChI is InChI=1S/C28H37IN4Si/c1-5-31(24-13-9-12-23(29)30-24)34-32(26(2,3)4)25(19-10-7-6-8-11-19)33(34)27-16-21-14-20-15-22(17-27)28(20,21)18-27/h6-13,20-22,25,34H,5,14-18H2,1-4H3. The summed E-state index contributed by atoms with van der Waals surface area (Å²) in [7, 11) is -1.66. The van der Waals surface area contributed by atoms with E-state index in [1.165, 1.54) is 43.5 Å². The molecule has 6 heteroatoms. The summed E-state index contributed by atoms with van der Waals surface area (Å²) in [6, 6.07) is 18.0. The molecule has 4 saturated carbocycles. The maximum Gasteiger partial charge on any atom is 0.307 e.